The molecule has 9 heteroatoms. The molecule has 0 bridgehead atoms. The second-order valence-corrected chi connectivity index (χ2v) is 9.36. The van der Waals surface area contributed by atoms with E-state index < -0.39 is 36.2 Å². The molecule has 198 valence electrons. The van der Waals surface area contributed by atoms with E-state index in [9.17, 15) is 33.3 Å². The summed E-state index contributed by atoms with van der Waals surface area (Å²) < 4.78 is 49.4. The van der Waals surface area contributed by atoms with Crippen molar-refractivity contribution in [2.24, 2.45) is 5.92 Å². The van der Waals surface area contributed by atoms with Crippen molar-refractivity contribution in [1.82, 2.24) is 0 Å². The van der Waals surface area contributed by atoms with Crippen LogP contribution in [0.5, 0.6) is 0 Å². The van der Waals surface area contributed by atoms with E-state index in [-0.39, 0.29) is 43.9 Å². The molecular weight excluding hydrogens is 465 g/mol. The molecule has 1 aromatic carbocycles. The summed E-state index contributed by atoms with van der Waals surface area (Å²) in [5.74, 6) is -0.578. The van der Waals surface area contributed by atoms with Crippen molar-refractivity contribution < 1.29 is 42.8 Å². The Kier molecular flexibility index (Phi) is 11.7. The van der Waals surface area contributed by atoms with Gasteiger partial charge in [0.25, 0.3) is 0 Å². The van der Waals surface area contributed by atoms with Crippen LogP contribution in [0.3, 0.4) is 0 Å². The van der Waals surface area contributed by atoms with Crippen LogP contribution < -0.4 is 0 Å². The molecule has 2 rings (SSSR count). The predicted molar refractivity (Wildman–Crippen MR) is 124 cm³/mol. The Balaban J connectivity index is 1.76. The topological polar surface area (TPSA) is 96.2 Å². The Morgan fingerprint density at radius 3 is 2.63 bits per heavy atom. The number of halogens is 3. The van der Waals surface area contributed by atoms with E-state index in [1.165, 1.54) is 6.07 Å². The minimum Gasteiger partial charge on any atom is -0.463 e. The zero-order valence-corrected chi connectivity index (χ0v) is 20.3. The zero-order valence-electron chi connectivity index (χ0n) is 20.3. The maximum absolute atomic E-state index is 12.9. The van der Waals surface area contributed by atoms with Gasteiger partial charge in [0.2, 0.25) is 0 Å². The molecule has 3 N–H and O–H groups in total. The fraction of sp³-hybridized carbons (Fsp3) is 0.654. The maximum atomic E-state index is 12.9. The first-order chi connectivity index (χ1) is 16.5. The van der Waals surface area contributed by atoms with Gasteiger partial charge in [-0.3, -0.25) is 4.79 Å². The second kappa shape index (κ2) is 14.0. The van der Waals surface area contributed by atoms with E-state index in [4.69, 9.17) is 9.47 Å². The summed E-state index contributed by atoms with van der Waals surface area (Å²) >= 11 is 0. The van der Waals surface area contributed by atoms with Gasteiger partial charge in [0.05, 0.1) is 42.7 Å². The Morgan fingerprint density at radius 2 is 1.94 bits per heavy atom. The van der Waals surface area contributed by atoms with Gasteiger partial charge in [0, 0.05) is 18.8 Å². The standard InChI is InChI=1S/C26H37F3O6/c1-17(2)35-24(33)11-6-4-3-5-10-21-22(31)15-23(32)25(21)34-16-20(30)13-12-18-8-7-9-19(14-18)26(27,28)29/h3,5,7-9,14,17,20-23,25,30-32H,4,6,10-13,15-16H2,1-2H3/b5-3+/t20-,21-,22-,23+,25+/m0/s1. The molecule has 1 saturated carbocycles. The number of allylic oxidation sites excluding steroid dienone is 2. The summed E-state index contributed by atoms with van der Waals surface area (Å²) in [6, 6.07) is 4.99. The van der Waals surface area contributed by atoms with Crippen molar-refractivity contribution in [2.75, 3.05) is 6.61 Å². The smallest absolute Gasteiger partial charge is 0.416 e. The molecule has 0 spiro atoms. The molecule has 5 atom stereocenters. The number of aliphatic hydroxyl groups excluding tert-OH is 3. The number of esters is 1. The lowest BCUT2D eigenvalue weighted by molar-refractivity contribution is -0.147. The van der Waals surface area contributed by atoms with E-state index in [0.717, 1.165) is 12.1 Å². The number of aryl methyl sites for hydroxylation is 1. The molecule has 0 heterocycles. The summed E-state index contributed by atoms with van der Waals surface area (Å²) in [7, 11) is 0. The monoisotopic (exact) mass is 502 g/mol. The summed E-state index contributed by atoms with van der Waals surface area (Å²) in [5, 5.41) is 30.9. The minimum atomic E-state index is -4.42. The lowest BCUT2D eigenvalue weighted by Crippen LogP contribution is -2.33. The number of ether oxygens (including phenoxy) is 2. The predicted octanol–water partition coefficient (Wildman–Crippen LogP) is 4.19. The highest BCUT2D eigenvalue weighted by Crippen LogP contribution is 2.33. The van der Waals surface area contributed by atoms with Gasteiger partial charge in [-0.15, -0.1) is 0 Å². The first-order valence-corrected chi connectivity index (χ1v) is 12.1. The molecule has 1 aliphatic carbocycles. The van der Waals surface area contributed by atoms with Crippen LogP contribution in [0.25, 0.3) is 0 Å². The summed E-state index contributed by atoms with van der Waals surface area (Å²) in [4.78, 5) is 11.5. The highest BCUT2D eigenvalue weighted by atomic mass is 19.4. The molecule has 0 radical (unpaired) electrons. The molecule has 35 heavy (non-hydrogen) atoms. The molecule has 1 fully saturated rings. The number of carbonyl (C=O) groups is 1. The van der Waals surface area contributed by atoms with E-state index in [0.29, 0.717) is 31.2 Å². The number of hydrogen-bond acceptors (Lipinski definition) is 6. The van der Waals surface area contributed by atoms with Gasteiger partial charge < -0.3 is 24.8 Å². The Labute approximate surface area is 204 Å². The largest absolute Gasteiger partial charge is 0.463 e. The van der Waals surface area contributed by atoms with Gasteiger partial charge in [-0.2, -0.15) is 13.2 Å². The molecule has 1 aromatic rings. The van der Waals surface area contributed by atoms with Gasteiger partial charge in [-0.05, 0) is 57.6 Å². The van der Waals surface area contributed by atoms with Crippen LogP contribution in [-0.4, -0.2) is 58.4 Å². The average molecular weight is 503 g/mol. The van der Waals surface area contributed by atoms with E-state index in [2.05, 4.69) is 0 Å². The van der Waals surface area contributed by atoms with Gasteiger partial charge in [-0.25, -0.2) is 0 Å². The van der Waals surface area contributed by atoms with Crippen molar-refractivity contribution in [3.05, 3.63) is 47.5 Å². The van der Waals surface area contributed by atoms with Crippen LogP contribution in [-0.2, 0) is 26.9 Å². The molecule has 0 saturated heterocycles. The van der Waals surface area contributed by atoms with Crippen molar-refractivity contribution in [1.29, 1.82) is 0 Å². The molecule has 0 unspecified atom stereocenters. The average Bonchev–Trinajstić information content (AvgIpc) is 3.04. The van der Waals surface area contributed by atoms with Gasteiger partial charge in [0.15, 0.2) is 0 Å². The third-order valence-corrected chi connectivity index (χ3v) is 5.97. The van der Waals surface area contributed by atoms with Gasteiger partial charge >= 0.3 is 12.1 Å². The quantitative estimate of drug-likeness (QED) is 0.213. The van der Waals surface area contributed by atoms with Crippen molar-refractivity contribution >= 4 is 5.97 Å². The second-order valence-electron chi connectivity index (χ2n) is 9.36. The van der Waals surface area contributed by atoms with Gasteiger partial charge in [-0.1, -0.05) is 30.4 Å². The van der Waals surface area contributed by atoms with Crippen molar-refractivity contribution in [3.8, 4) is 0 Å². The van der Waals surface area contributed by atoms with Crippen LogP contribution in [0.2, 0.25) is 0 Å². The summed E-state index contributed by atoms with van der Waals surface area (Å²) in [6.07, 6.45) is -1.18. The molecule has 1 aliphatic rings. The van der Waals surface area contributed by atoms with Crippen molar-refractivity contribution in [2.45, 2.75) is 95.5 Å². The fourth-order valence-electron chi connectivity index (χ4n) is 4.19. The maximum Gasteiger partial charge on any atom is 0.416 e. The molecule has 6 nitrogen and oxygen atoms in total. The lowest BCUT2D eigenvalue weighted by Gasteiger charge is -2.24. The zero-order chi connectivity index (χ0) is 26.0. The van der Waals surface area contributed by atoms with Gasteiger partial charge in [0.1, 0.15) is 0 Å². The van der Waals surface area contributed by atoms with E-state index in [1.807, 2.05) is 12.2 Å². The highest BCUT2D eigenvalue weighted by Gasteiger charge is 2.42. The number of rotatable bonds is 13. The van der Waals surface area contributed by atoms with Crippen molar-refractivity contribution in [3.63, 3.8) is 0 Å². The van der Waals surface area contributed by atoms with E-state index >= 15 is 0 Å². The molecule has 0 amide bonds. The van der Waals surface area contributed by atoms with Crippen LogP contribution >= 0.6 is 0 Å². The molecular formula is C26H37F3O6. The molecule has 0 aromatic heterocycles. The fourth-order valence-corrected chi connectivity index (χ4v) is 4.19. The molecule has 0 aliphatic heterocycles. The van der Waals surface area contributed by atoms with Crippen LogP contribution in [0.4, 0.5) is 13.2 Å². The van der Waals surface area contributed by atoms with E-state index in [1.54, 1.807) is 19.9 Å². The minimum absolute atomic E-state index is 0.0917. The highest BCUT2D eigenvalue weighted by molar-refractivity contribution is 5.69. The number of hydrogen-bond donors (Lipinski definition) is 3. The Morgan fingerprint density at radius 1 is 1.20 bits per heavy atom. The first kappa shape index (κ1) is 29.3. The van der Waals surface area contributed by atoms with Crippen LogP contribution in [0, 0.1) is 5.92 Å². The normalized spacial score (nSPS) is 23.8. The third-order valence-electron chi connectivity index (χ3n) is 5.97. The number of benzene rings is 1. The first-order valence-electron chi connectivity index (χ1n) is 12.1. The van der Waals surface area contributed by atoms with Crippen LogP contribution in [0.1, 0.15) is 63.5 Å². The number of alkyl halides is 3. The summed E-state index contributed by atoms with van der Waals surface area (Å²) in [5.41, 5.74) is -0.258. The third kappa shape index (κ3) is 10.3. The van der Waals surface area contributed by atoms with Crippen LogP contribution in [0.15, 0.2) is 36.4 Å². The number of carbonyl (C=O) groups excluding carboxylic acids is 1. The summed E-state index contributed by atoms with van der Waals surface area (Å²) in [6.45, 7) is 3.51. The Bertz CT molecular complexity index is 811. The Hall–Kier alpha value is -1.94. The SMILES string of the molecule is CC(C)OC(=O)CCC/C=C/C[C@@H]1[C@@H](OC[C@@H](O)CCc2cccc(C(F)(F)F)c2)[C@H](O)C[C@@H]1O. The number of aliphatic hydroxyl groups is 3. The number of unbranched alkanes of at least 4 members (excludes halogenated alkanes) is 1. The lowest BCUT2D eigenvalue weighted by atomic mass is 9.98.